The van der Waals surface area contributed by atoms with Gasteiger partial charge < -0.3 is 10.8 Å². The molecular weight excluding hydrogens is 252 g/mol. The molecule has 0 radical (unpaired) electrons. The van der Waals surface area contributed by atoms with E-state index in [1.807, 2.05) is 6.07 Å². The number of carbonyl (C=O) groups is 1. The largest absolute Gasteiger partial charge is 0.477 e. The summed E-state index contributed by atoms with van der Waals surface area (Å²) in [4.78, 5) is 14.8. The molecule has 0 amide bonds. The minimum absolute atomic E-state index is 0.0239. The number of anilines is 1. The second kappa shape index (κ2) is 4.96. The van der Waals surface area contributed by atoms with Gasteiger partial charge in [0.05, 0.1) is 0 Å². The van der Waals surface area contributed by atoms with Crippen molar-refractivity contribution in [3.05, 3.63) is 47.2 Å². The predicted molar refractivity (Wildman–Crippen MR) is 77.7 cm³/mol. The molecule has 1 aliphatic rings. The van der Waals surface area contributed by atoms with Crippen LogP contribution in [0.25, 0.3) is 11.1 Å². The van der Waals surface area contributed by atoms with Crippen LogP contribution in [0.2, 0.25) is 0 Å². The molecule has 20 heavy (non-hydrogen) atoms. The topological polar surface area (TPSA) is 76.2 Å². The fourth-order valence-electron chi connectivity index (χ4n) is 2.74. The second-order valence-electron chi connectivity index (χ2n) is 5.13. The second-order valence-corrected chi connectivity index (χ2v) is 5.13. The third kappa shape index (κ3) is 2.25. The third-order valence-electron chi connectivity index (χ3n) is 3.80. The van der Waals surface area contributed by atoms with Crippen LogP contribution < -0.4 is 5.73 Å². The lowest BCUT2D eigenvalue weighted by Gasteiger charge is -2.17. The van der Waals surface area contributed by atoms with Gasteiger partial charge in [-0.05, 0) is 54.5 Å². The first kappa shape index (κ1) is 12.7. The van der Waals surface area contributed by atoms with Gasteiger partial charge in [-0.15, -0.1) is 0 Å². The average Bonchev–Trinajstić information content (AvgIpc) is 2.46. The lowest BCUT2D eigenvalue weighted by molar-refractivity contribution is 0.0690. The van der Waals surface area contributed by atoms with E-state index in [0.717, 1.165) is 24.0 Å². The van der Waals surface area contributed by atoms with Crippen molar-refractivity contribution in [3.8, 4) is 11.1 Å². The van der Waals surface area contributed by atoms with Crippen LogP contribution in [0.1, 0.15) is 34.5 Å². The highest BCUT2D eigenvalue weighted by atomic mass is 16.4. The summed E-state index contributed by atoms with van der Waals surface area (Å²) in [7, 11) is 0. The van der Waals surface area contributed by atoms with Gasteiger partial charge in [-0.25, -0.2) is 9.78 Å². The molecule has 2 aromatic rings. The number of aromatic carboxylic acids is 1. The van der Waals surface area contributed by atoms with Crippen molar-refractivity contribution in [2.24, 2.45) is 0 Å². The number of nitrogens with zero attached hydrogens (tertiary/aromatic N) is 1. The number of pyridine rings is 1. The van der Waals surface area contributed by atoms with Gasteiger partial charge in [0.1, 0.15) is 5.82 Å². The molecule has 3 N–H and O–H groups in total. The van der Waals surface area contributed by atoms with E-state index in [-0.39, 0.29) is 11.5 Å². The van der Waals surface area contributed by atoms with Crippen LogP contribution in [-0.2, 0) is 12.8 Å². The molecule has 0 spiro atoms. The minimum atomic E-state index is -1.06. The number of rotatable bonds is 2. The van der Waals surface area contributed by atoms with Gasteiger partial charge in [0.2, 0.25) is 0 Å². The van der Waals surface area contributed by atoms with Gasteiger partial charge in [-0.3, -0.25) is 0 Å². The van der Waals surface area contributed by atoms with Crippen molar-refractivity contribution in [2.75, 3.05) is 5.73 Å². The molecule has 0 atom stereocenters. The van der Waals surface area contributed by atoms with Crippen LogP contribution in [0.4, 0.5) is 5.82 Å². The molecule has 0 unspecified atom stereocenters. The van der Waals surface area contributed by atoms with E-state index in [4.69, 9.17) is 10.8 Å². The van der Waals surface area contributed by atoms with E-state index in [9.17, 15) is 4.79 Å². The van der Waals surface area contributed by atoms with Crippen molar-refractivity contribution in [1.29, 1.82) is 0 Å². The van der Waals surface area contributed by atoms with Crippen LogP contribution in [0, 0.1) is 0 Å². The Morgan fingerprint density at radius 1 is 1.10 bits per heavy atom. The highest BCUT2D eigenvalue weighted by molar-refractivity contribution is 5.87. The van der Waals surface area contributed by atoms with E-state index < -0.39 is 5.97 Å². The Kier molecular flexibility index (Phi) is 3.14. The quantitative estimate of drug-likeness (QED) is 0.878. The molecule has 0 bridgehead atoms. The standard InChI is InChI=1S/C16H16N2O2/c17-15-13(7-8-14(18-15)16(19)20)12-6-5-10-3-1-2-4-11(10)9-12/h5-9H,1-4H2,(H2,17,18)(H,19,20). The smallest absolute Gasteiger partial charge is 0.354 e. The number of benzene rings is 1. The zero-order valence-electron chi connectivity index (χ0n) is 11.1. The Morgan fingerprint density at radius 3 is 2.55 bits per heavy atom. The number of carboxylic acid groups (broad SMARTS) is 1. The van der Waals surface area contributed by atoms with E-state index >= 15 is 0 Å². The van der Waals surface area contributed by atoms with Crippen molar-refractivity contribution in [3.63, 3.8) is 0 Å². The summed E-state index contributed by atoms with van der Waals surface area (Å²) in [6, 6.07) is 9.57. The van der Waals surface area contributed by atoms with Gasteiger partial charge in [0.15, 0.2) is 5.69 Å². The van der Waals surface area contributed by atoms with E-state index in [1.165, 1.54) is 30.0 Å². The molecule has 0 aliphatic heterocycles. The number of aryl methyl sites for hydroxylation is 2. The summed E-state index contributed by atoms with van der Waals surface area (Å²) < 4.78 is 0. The first-order valence-electron chi connectivity index (χ1n) is 6.77. The Bertz CT molecular complexity index is 680. The molecule has 4 nitrogen and oxygen atoms in total. The molecule has 0 saturated carbocycles. The lowest BCUT2D eigenvalue weighted by Crippen LogP contribution is -2.05. The zero-order chi connectivity index (χ0) is 14.1. The summed E-state index contributed by atoms with van der Waals surface area (Å²) in [5, 5.41) is 8.91. The molecule has 102 valence electrons. The SMILES string of the molecule is Nc1nc(C(=O)O)ccc1-c1ccc2c(c1)CCCC2. The molecule has 0 fully saturated rings. The number of nitrogens with two attached hydrogens (primary N) is 1. The maximum atomic E-state index is 10.9. The van der Waals surface area contributed by atoms with E-state index in [2.05, 4.69) is 17.1 Å². The van der Waals surface area contributed by atoms with Gasteiger partial charge in [0, 0.05) is 5.56 Å². The molecule has 1 heterocycles. The number of hydrogen-bond acceptors (Lipinski definition) is 3. The summed E-state index contributed by atoms with van der Waals surface area (Å²) in [5.74, 6) is -0.797. The minimum Gasteiger partial charge on any atom is -0.477 e. The summed E-state index contributed by atoms with van der Waals surface area (Å²) in [6.45, 7) is 0. The van der Waals surface area contributed by atoms with E-state index in [1.54, 1.807) is 6.07 Å². The maximum absolute atomic E-state index is 10.9. The first-order chi connectivity index (χ1) is 9.65. The Morgan fingerprint density at radius 2 is 1.85 bits per heavy atom. The van der Waals surface area contributed by atoms with Crippen molar-refractivity contribution < 1.29 is 9.90 Å². The summed E-state index contributed by atoms with van der Waals surface area (Å²) in [5.41, 5.74) is 10.5. The van der Waals surface area contributed by atoms with Crippen LogP contribution in [-0.4, -0.2) is 16.1 Å². The number of nitrogen functional groups attached to an aromatic ring is 1. The first-order valence-corrected chi connectivity index (χ1v) is 6.77. The Hall–Kier alpha value is -2.36. The number of hydrogen-bond donors (Lipinski definition) is 2. The normalized spacial score (nSPS) is 13.8. The molecule has 1 aliphatic carbocycles. The Balaban J connectivity index is 2.02. The maximum Gasteiger partial charge on any atom is 0.354 e. The number of aromatic nitrogens is 1. The van der Waals surface area contributed by atoms with Crippen LogP contribution in [0.15, 0.2) is 30.3 Å². The average molecular weight is 268 g/mol. The van der Waals surface area contributed by atoms with Crippen molar-refractivity contribution >= 4 is 11.8 Å². The molecule has 3 rings (SSSR count). The number of fused-ring (bicyclic) bond motifs is 1. The fourth-order valence-corrected chi connectivity index (χ4v) is 2.74. The van der Waals surface area contributed by atoms with Gasteiger partial charge >= 0.3 is 5.97 Å². The van der Waals surface area contributed by atoms with Crippen LogP contribution >= 0.6 is 0 Å². The molecular formula is C16H16N2O2. The van der Waals surface area contributed by atoms with Crippen LogP contribution in [0.5, 0.6) is 0 Å². The summed E-state index contributed by atoms with van der Waals surface area (Å²) >= 11 is 0. The monoisotopic (exact) mass is 268 g/mol. The molecule has 1 aromatic carbocycles. The fraction of sp³-hybridized carbons (Fsp3) is 0.250. The third-order valence-corrected chi connectivity index (χ3v) is 3.80. The van der Waals surface area contributed by atoms with Gasteiger partial charge in [-0.1, -0.05) is 18.2 Å². The van der Waals surface area contributed by atoms with Crippen LogP contribution in [0.3, 0.4) is 0 Å². The highest BCUT2D eigenvalue weighted by Gasteiger charge is 2.13. The van der Waals surface area contributed by atoms with Gasteiger partial charge in [-0.2, -0.15) is 0 Å². The zero-order valence-corrected chi connectivity index (χ0v) is 11.1. The van der Waals surface area contributed by atoms with E-state index in [0.29, 0.717) is 0 Å². The van der Waals surface area contributed by atoms with Crippen molar-refractivity contribution in [2.45, 2.75) is 25.7 Å². The molecule has 0 saturated heterocycles. The highest BCUT2D eigenvalue weighted by Crippen LogP contribution is 2.30. The predicted octanol–water partition coefficient (Wildman–Crippen LogP) is 2.91. The van der Waals surface area contributed by atoms with Gasteiger partial charge in [0.25, 0.3) is 0 Å². The molecule has 4 heteroatoms. The summed E-state index contributed by atoms with van der Waals surface area (Å²) in [6.07, 6.45) is 4.72. The van der Waals surface area contributed by atoms with Crippen molar-refractivity contribution in [1.82, 2.24) is 4.98 Å². The Labute approximate surface area is 117 Å². The molecule has 1 aromatic heterocycles. The lowest BCUT2D eigenvalue weighted by atomic mass is 9.89. The number of carboxylic acids is 1.